The number of ether oxygens (including phenoxy) is 1. The van der Waals surface area contributed by atoms with Gasteiger partial charge in [0.15, 0.2) is 0 Å². The molecule has 1 N–H and O–H groups in total. The highest BCUT2D eigenvalue weighted by atomic mass is 79.9. The first-order valence-corrected chi connectivity index (χ1v) is 8.52. The second-order valence-corrected chi connectivity index (χ2v) is 6.76. The second-order valence-electron chi connectivity index (χ2n) is 5.85. The van der Waals surface area contributed by atoms with Gasteiger partial charge in [-0.1, -0.05) is 28.9 Å². The molecule has 0 heterocycles. The van der Waals surface area contributed by atoms with Crippen LogP contribution in [0.1, 0.15) is 44.7 Å². The van der Waals surface area contributed by atoms with Crippen molar-refractivity contribution in [3.63, 3.8) is 0 Å². The van der Waals surface area contributed by atoms with Crippen molar-refractivity contribution in [1.82, 2.24) is 5.32 Å². The maximum absolute atomic E-state index is 12.6. The third-order valence-corrected chi connectivity index (χ3v) is 4.78. The second kappa shape index (κ2) is 6.93. The van der Waals surface area contributed by atoms with Crippen LogP contribution in [0.4, 0.5) is 0 Å². The van der Waals surface area contributed by atoms with E-state index in [0.29, 0.717) is 19.1 Å². The summed E-state index contributed by atoms with van der Waals surface area (Å²) in [6.45, 7) is 6.54. The van der Waals surface area contributed by atoms with Crippen LogP contribution in [0.25, 0.3) is 0 Å². The lowest BCUT2D eigenvalue weighted by atomic mass is 9.77. The topological polar surface area (TPSA) is 38.3 Å². The molecule has 4 heteroatoms. The average Bonchev–Trinajstić information content (AvgIpc) is 2.47. The molecule has 1 aromatic carbocycles. The van der Waals surface area contributed by atoms with Gasteiger partial charge in [0, 0.05) is 16.9 Å². The molecule has 1 aliphatic carbocycles. The Balaban J connectivity index is 2.29. The van der Waals surface area contributed by atoms with E-state index in [2.05, 4.69) is 47.2 Å². The number of halogens is 1. The molecular weight excluding hydrogens is 330 g/mol. The van der Waals surface area contributed by atoms with Gasteiger partial charge in [-0.05, 0) is 56.4 Å². The lowest BCUT2D eigenvalue weighted by Crippen LogP contribution is -2.59. The highest BCUT2D eigenvalue weighted by molar-refractivity contribution is 9.10. The number of fused-ring (bicyclic) bond motifs is 1. The van der Waals surface area contributed by atoms with Gasteiger partial charge in [-0.2, -0.15) is 0 Å². The molecule has 0 amide bonds. The Labute approximate surface area is 135 Å². The Morgan fingerprint density at radius 2 is 2.19 bits per heavy atom. The number of aryl methyl sites for hydroxylation is 1. The molecule has 0 spiro atoms. The van der Waals surface area contributed by atoms with Gasteiger partial charge in [-0.15, -0.1) is 0 Å². The molecule has 0 saturated heterocycles. The largest absolute Gasteiger partial charge is 0.465 e. The molecule has 0 fully saturated rings. The van der Waals surface area contributed by atoms with Crippen molar-refractivity contribution in [2.24, 2.45) is 0 Å². The van der Waals surface area contributed by atoms with Crippen LogP contribution in [0.2, 0.25) is 0 Å². The SMILES string of the molecule is CCOC(=O)C1(NC(C)CC)CCc2cc(Br)ccc2C1. The monoisotopic (exact) mass is 353 g/mol. The molecule has 0 aromatic heterocycles. The molecule has 0 radical (unpaired) electrons. The van der Waals surface area contributed by atoms with Gasteiger partial charge in [0.2, 0.25) is 0 Å². The summed E-state index contributed by atoms with van der Waals surface area (Å²) in [5.41, 5.74) is 2.00. The van der Waals surface area contributed by atoms with Crippen LogP contribution in [0, 0.1) is 0 Å². The highest BCUT2D eigenvalue weighted by Gasteiger charge is 2.43. The van der Waals surface area contributed by atoms with E-state index in [1.54, 1.807) is 0 Å². The van der Waals surface area contributed by atoms with E-state index < -0.39 is 5.54 Å². The molecule has 1 aliphatic rings. The van der Waals surface area contributed by atoms with Crippen molar-refractivity contribution in [2.75, 3.05) is 6.61 Å². The van der Waals surface area contributed by atoms with Crippen molar-refractivity contribution >= 4 is 21.9 Å². The minimum Gasteiger partial charge on any atom is -0.465 e. The molecular formula is C17H24BrNO2. The number of rotatable bonds is 5. The Kier molecular flexibility index (Phi) is 5.44. The van der Waals surface area contributed by atoms with E-state index >= 15 is 0 Å². The van der Waals surface area contributed by atoms with E-state index in [1.165, 1.54) is 11.1 Å². The molecule has 0 aliphatic heterocycles. The number of esters is 1. The summed E-state index contributed by atoms with van der Waals surface area (Å²) in [5, 5.41) is 3.54. The number of carbonyl (C=O) groups excluding carboxylic acids is 1. The van der Waals surface area contributed by atoms with Crippen LogP contribution in [0.15, 0.2) is 22.7 Å². The van der Waals surface area contributed by atoms with Crippen molar-refractivity contribution < 1.29 is 9.53 Å². The van der Waals surface area contributed by atoms with Gasteiger partial charge in [-0.3, -0.25) is 10.1 Å². The van der Waals surface area contributed by atoms with Crippen molar-refractivity contribution in [3.8, 4) is 0 Å². The summed E-state index contributed by atoms with van der Waals surface area (Å²) in [7, 11) is 0. The van der Waals surface area contributed by atoms with E-state index in [9.17, 15) is 4.79 Å². The van der Waals surface area contributed by atoms with E-state index in [4.69, 9.17) is 4.74 Å². The normalized spacial score (nSPS) is 22.5. The Morgan fingerprint density at radius 3 is 2.86 bits per heavy atom. The first-order valence-electron chi connectivity index (χ1n) is 7.73. The first-order chi connectivity index (χ1) is 10.0. The Bertz CT molecular complexity index is 518. The van der Waals surface area contributed by atoms with Crippen LogP contribution in [0.5, 0.6) is 0 Å². The first kappa shape index (κ1) is 16.5. The third-order valence-electron chi connectivity index (χ3n) is 4.28. The van der Waals surface area contributed by atoms with Crippen LogP contribution in [-0.4, -0.2) is 24.2 Å². The average molecular weight is 354 g/mol. The van der Waals surface area contributed by atoms with Crippen LogP contribution in [0.3, 0.4) is 0 Å². The van der Waals surface area contributed by atoms with Crippen LogP contribution >= 0.6 is 15.9 Å². The summed E-state index contributed by atoms with van der Waals surface area (Å²) in [6.07, 6.45) is 3.39. The van der Waals surface area contributed by atoms with Crippen molar-refractivity contribution in [2.45, 2.75) is 58.0 Å². The van der Waals surface area contributed by atoms with Crippen LogP contribution in [-0.2, 0) is 22.4 Å². The molecule has 2 atom stereocenters. The zero-order valence-corrected chi connectivity index (χ0v) is 14.6. The predicted octanol–water partition coefficient (Wildman–Crippen LogP) is 3.63. The van der Waals surface area contributed by atoms with Gasteiger partial charge in [-0.25, -0.2) is 0 Å². The van der Waals surface area contributed by atoms with E-state index in [-0.39, 0.29) is 5.97 Å². The van der Waals surface area contributed by atoms with Gasteiger partial charge in [0.25, 0.3) is 0 Å². The van der Waals surface area contributed by atoms with Gasteiger partial charge >= 0.3 is 5.97 Å². The maximum atomic E-state index is 12.6. The summed E-state index contributed by atoms with van der Waals surface area (Å²) in [4.78, 5) is 12.6. The minimum atomic E-state index is -0.577. The molecule has 0 saturated carbocycles. The fraction of sp³-hybridized carbons (Fsp3) is 0.588. The molecule has 0 bridgehead atoms. The molecule has 116 valence electrons. The molecule has 2 unspecified atom stereocenters. The zero-order chi connectivity index (χ0) is 15.5. The number of hydrogen-bond donors (Lipinski definition) is 1. The van der Waals surface area contributed by atoms with Gasteiger partial charge < -0.3 is 4.74 Å². The summed E-state index contributed by atoms with van der Waals surface area (Å²) < 4.78 is 6.46. The van der Waals surface area contributed by atoms with Crippen molar-refractivity contribution in [3.05, 3.63) is 33.8 Å². The maximum Gasteiger partial charge on any atom is 0.326 e. The minimum absolute atomic E-state index is 0.112. The summed E-state index contributed by atoms with van der Waals surface area (Å²) >= 11 is 3.52. The van der Waals surface area contributed by atoms with E-state index in [1.807, 2.05) is 13.0 Å². The lowest BCUT2D eigenvalue weighted by Gasteiger charge is -2.39. The molecule has 2 rings (SSSR count). The number of carbonyl (C=O) groups is 1. The number of benzene rings is 1. The quantitative estimate of drug-likeness (QED) is 0.821. The van der Waals surface area contributed by atoms with Gasteiger partial charge in [0.1, 0.15) is 5.54 Å². The standard InChI is InChI=1S/C17H24BrNO2/c1-4-12(3)19-17(16(20)21-5-2)9-8-13-10-15(18)7-6-14(13)11-17/h6-7,10,12,19H,4-5,8-9,11H2,1-3H3. The Hall–Kier alpha value is -0.870. The summed E-state index contributed by atoms with van der Waals surface area (Å²) in [5.74, 6) is -0.112. The smallest absolute Gasteiger partial charge is 0.326 e. The number of hydrogen-bond acceptors (Lipinski definition) is 3. The highest BCUT2D eigenvalue weighted by Crippen LogP contribution is 2.32. The lowest BCUT2D eigenvalue weighted by molar-refractivity contribution is -0.152. The van der Waals surface area contributed by atoms with E-state index in [0.717, 1.165) is 23.7 Å². The summed E-state index contributed by atoms with van der Waals surface area (Å²) in [6, 6.07) is 6.62. The zero-order valence-electron chi connectivity index (χ0n) is 13.0. The fourth-order valence-corrected chi connectivity index (χ4v) is 3.37. The fourth-order valence-electron chi connectivity index (χ4n) is 2.96. The molecule has 21 heavy (non-hydrogen) atoms. The number of nitrogens with one attached hydrogen (secondary N) is 1. The molecule has 1 aromatic rings. The van der Waals surface area contributed by atoms with Gasteiger partial charge in [0.05, 0.1) is 6.61 Å². The third kappa shape index (κ3) is 3.67. The Morgan fingerprint density at radius 1 is 1.43 bits per heavy atom. The van der Waals surface area contributed by atoms with Crippen LogP contribution < -0.4 is 5.32 Å². The molecule has 3 nitrogen and oxygen atoms in total. The van der Waals surface area contributed by atoms with Crippen molar-refractivity contribution in [1.29, 1.82) is 0 Å². The predicted molar refractivity (Wildman–Crippen MR) is 88.4 cm³/mol.